The Morgan fingerprint density at radius 3 is 2.72 bits per heavy atom. The molecule has 2 saturated heterocycles. The highest BCUT2D eigenvalue weighted by Crippen LogP contribution is 2.26. The first-order valence-electron chi connectivity index (χ1n) is 6.38. The highest BCUT2D eigenvalue weighted by molar-refractivity contribution is 5.83. The van der Waals surface area contributed by atoms with Crippen LogP contribution in [0.2, 0.25) is 0 Å². The molecule has 0 aromatic carbocycles. The van der Waals surface area contributed by atoms with E-state index in [1.165, 1.54) is 0 Å². The minimum absolute atomic E-state index is 0.0669. The molecular formula is C12H20N2O4. The van der Waals surface area contributed by atoms with Crippen LogP contribution in [-0.4, -0.2) is 59.8 Å². The van der Waals surface area contributed by atoms with Gasteiger partial charge in [0.15, 0.2) is 0 Å². The summed E-state index contributed by atoms with van der Waals surface area (Å²) in [5.41, 5.74) is -0.497. The molecule has 0 aromatic heterocycles. The van der Waals surface area contributed by atoms with Crippen LogP contribution in [0.4, 0.5) is 0 Å². The van der Waals surface area contributed by atoms with Gasteiger partial charge in [-0.15, -0.1) is 0 Å². The van der Waals surface area contributed by atoms with Gasteiger partial charge in [0.25, 0.3) is 0 Å². The third-order valence-corrected chi connectivity index (χ3v) is 3.51. The number of carbonyl (C=O) groups excluding carboxylic acids is 1. The zero-order valence-electron chi connectivity index (χ0n) is 10.6. The lowest BCUT2D eigenvalue weighted by Gasteiger charge is -2.48. The van der Waals surface area contributed by atoms with E-state index in [1.54, 1.807) is 4.90 Å². The minimum Gasteiger partial charge on any atom is -0.480 e. The van der Waals surface area contributed by atoms with E-state index in [-0.39, 0.29) is 18.6 Å². The largest absolute Gasteiger partial charge is 0.480 e. The van der Waals surface area contributed by atoms with Gasteiger partial charge < -0.3 is 20.1 Å². The average Bonchev–Trinajstić information content (AvgIpc) is 2.33. The van der Waals surface area contributed by atoms with Crippen LogP contribution < -0.4 is 5.32 Å². The Morgan fingerprint density at radius 2 is 2.17 bits per heavy atom. The number of nitrogens with one attached hydrogen (secondary N) is 1. The maximum Gasteiger partial charge on any atom is 0.329 e. The van der Waals surface area contributed by atoms with Gasteiger partial charge in [-0.05, 0) is 26.3 Å². The first kappa shape index (κ1) is 13.3. The predicted octanol–water partition coefficient (Wildman–Crippen LogP) is -0.169. The number of amides is 1. The molecule has 0 aromatic rings. The summed E-state index contributed by atoms with van der Waals surface area (Å²) in [6.45, 7) is 3.40. The second-order valence-corrected chi connectivity index (χ2v) is 5.33. The Bertz CT molecular complexity index is 333. The topological polar surface area (TPSA) is 78.9 Å². The normalized spacial score (nSPS) is 26.5. The lowest BCUT2D eigenvalue weighted by Crippen LogP contribution is -2.66. The lowest BCUT2D eigenvalue weighted by atomic mass is 9.93. The van der Waals surface area contributed by atoms with Crippen molar-refractivity contribution < 1.29 is 19.4 Å². The van der Waals surface area contributed by atoms with Gasteiger partial charge in [0.05, 0.1) is 19.1 Å². The number of carbonyl (C=O) groups is 2. The van der Waals surface area contributed by atoms with Crippen molar-refractivity contribution in [1.82, 2.24) is 10.2 Å². The fraction of sp³-hybridized carbons (Fsp3) is 0.833. The van der Waals surface area contributed by atoms with Crippen LogP contribution in [0.1, 0.15) is 26.2 Å². The molecule has 102 valence electrons. The van der Waals surface area contributed by atoms with E-state index in [9.17, 15) is 9.59 Å². The number of likely N-dealkylation sites (tertiary alicyclic amines) is 1. The Hall–Kier alpha value is -1.14. The van der Waals surface area contributed by atoms with Crippen molar-refractivity contribution in [2.75, 3.05) is 26.2 Å². The number of hydrogen-bond donors (Lipinski definition) is 2. The van der Waals surface area contributed by atoms with Gasteiger partial charge in [-0.3, -0.25) is 4.79 Å². The van der Waals surface area contributed by atoms with Crippen LogP contribution in [-0.2, 0) is 14.3 Å². The number of ether oxygens (including phenoxy) is 1. The summed E-state index contributed by atoms with van der Waals surface area (Å²) < 4.78 is 5.28. The molecular weight excluding hydrogens is 236 g/mol. The molecule has 2 aliphatic heterocycles. The van der Waals surface area contributed by atoms with Crippen molar-refractivity contribution >= 4 is 11.9 Å². The highest BCUT2D eigenvalue weighted by Gasteiger charge is 2.44. The molecule has 0 bridgehead atoms. The zero-order valence-corrected chi connectivity index (χ0v) is 10.6. The van der Waals surface area contributed by atoms with Crippen molar-refractivity contribution in [3.05, 3.63) is 0 Å². The molecule has 0 saturated carbocycles. The van der Waals surface area contributed by atoms with Gasteiger partial charge in [-0.2, -0.15) is 0 Å². The summed E-state index contributed by atoms with van der Waals surface area (Å²) >= 11 is 0. The molecule has 1 amide bonds. The maximum atomic E-state index is 12.1. The molecule has 2 aliphatic rings. The zero-order chi connectivity index (χ0) is 13.2. The summed E-state index contributed by atoms with van der Waals surface area (Å²) in [5, 5.41) is 11.8. The number of nitrogens with zero attached hydrogens (tertiary/aromatic N) is 1. The van der Waals surface area contributed by atoms with E-state index in [2.05, 4.69) is 5.32 Å². The average molecular weight is 256 g/mol. The Kier molecular flexibility index (Phi) is 3.87. The van der Waals surface area contributed by atoms with Gasteiger partial charge in [0, 0.05) is 0 Å². The molecule has 2 fully saturated rings. The lowest BCUT2D eigenvalue weighted by molar-refractivity contribution is -0.174. The van der Waals surface area contributed by atoms with Crippen molar-refractivity contribution in [1.29, 1.82) is 0 Å². The van der Waals surface area contributed by atoms with E-state index < -0.39 is 11.6 Å². The first-order valence-corrected chi connectivity index (χ1v) is 6.38. The standard InChI is InChI=1S/C12H20N2O4/c1-12(18-6-10(15)16)7-14(8-12)11(17)9-4-2-3-5-13-9/h9,13H,2-8H2,1H3,(H,15,16)/t9-/m0/s1. The van der Waals surface area contributed by atoms with E-state index >= 15 is 0 Å². The van der Waals surface area contributed by atoms with Gasteiger partial charge in [-0.1, -0.05) is 6.42 Å². The summed E-state index contributed by atoms with van der Waals surface area (Å²) in [7, 11) is 0. The quantitative estimate of drug-likeness (QED) is 0.730. The number of hydrogen-bond acceptors (Lipinski definition) is 4. The molecule has 0 aliphatic carbocycles. The first-order chi connectivity index (χ1) is 8.50. The number of rotatable bonds is 4. The van der Waals surface area contributed by atoms with Crippen molar-refractivity contribution in [3.8, 4) is 0 Å². The van der Waals surface area contributed by atoms with E-state index in [0.29, 0.717) is 13.1 Å². The van der Waals surface area contributed by atoms with E-state index in [0.717, 1.165) is 25.8 Å². The van der Waals surface area contributed by atoms with Crippen LogP contribution in [0.5, 0.6) is 0 Å². The number of piperidine rings is 1. The van der Waals surface area contributed by atoms with Crippen molar-refractivity contribution in [3.63, 3.8) is 0 Å². The van der Waals surface area contributed by atoms with E-state index in [1.807, 2.05) is 6.92 Å². The molecule has 6 nitrogen and oxygen atoms in total. The fourth-order valence-corrected chi connectivity index (χ4v) is 2.53. The molecule has 0 spiro atoms. The number of carboxylic acid groups (broad SMARTS) is 1. The summed E-state index contributed by atoms with van der Waals surface area (Å²) in [5.74, 6) is -0.860. The number of aliphatic carboxylic acids is 1. The van der Waals surface area contributed by atoms with Gasteiger partial charge in [0.2, 0.25) is 5.91 Å². The summed E-state index contributed by atoms with van der Waals surface area (Å²) in [6.07, 6.45) is 3.11. The molecule has 18 heavy (non-hydrogen) atoms. The van der Waals surface area contributed by atoms with Crippen LogP contribution in [0.15, 0.2) is 0 Å². The Morgan fingerprint density at radius 1 is 1.44 bits per heavy atom. The molecule has 6 heteroatoms. The molecule has 2 rings (SSSR count). The molecule has 2 N–H and O–H groups in total. The van der Waals surface area contributed by atoms with Crippen LogP contribution in [0, 0.1) is 0 Å². The van der Waals surface area contributed by atoms with Crippen LogP contribution in [0.25, 0.3) is 0 Å². The summed E-state index contributed by atoms with van der Waals surface area (Å²) in [4.78, 5) is 24.3. The SMILES string of the molecule is CC1(OCC(=O)O)CN(C(=O)[C@@H]2CCCCN2)C1. The second kappa shape index (κ2) is 5.24. The van der Waals surface area contributed by atoms with Crippen molar-refractivity contribution in [2.24, 2.45) is 0 Å². The second-order valence-electron chi connectivity index (χ2n) is 5.33. The summed E-state index contributed by atoms with van der Waals surface area (Å²) in [6, 6.07) is -0.0669. The molecule has 1 atom stereocenters. The maximum absolute atomic E-state index is 12.1. The third kappa shape index (κ3) is 3.00. The van der Waals surface area contributed by atoms with Crippen LogP contribution in [0.3, 0.4) is 0 Å². The van der Waals surface area contributed by atoms with Gasteiger partial charge in [-0.25, -0.2) is 4.79 Å². The minimum atomic E-state index is -0.977. The van der Waals surface area contributed by atoms with Gasteiger partial charge in [0.1, 0.15) is 12.2 Å². The molecule has 2 heterocycles. The van der Waals surface area contributed by atoms with Crippen LogP contribution >= 0.6 is 0 Å². The smallest absolute Gasteiger partial charge is 0.329 e. The third-order valence-electron chi connectivity index (χ3n) is 3.51. The Balaban J connectivity index is 1.77. The highest BCUT2D eigenvalue weighted by atomic mass is 16.5. The number of carboxylic acids is 1. The monoisotopic (exact) mass is 256 g/mol. The molecule has 0 unspecified atom stereocenters. The van der Waals surface area contributed by atoms with Gasteiger partial charge >= 0.3 is 5.97 Å². The predicted molar refractivity (Wildman–Crippen MR) is 64.2 cm³/mol. The molecule has 0 radical (unpaired) electrons. The Labute approximate surface area is 106 Å². The van der Waals surface area contributed by atoms with Crippen molar-refractivity contribution in [2.45, 2.75) is 37.8 Å². The fourth-order valence-electron chi connectivity index (χ4n) is 2.53. The van der Waals surface area contributed by atoms with E-state index in [4.69, 9.17) is 9.84 Å².